The van der Waals surface area contributed by atoms with Crippen molar-refractivity contribution in [3.63, 3.8) is 0 Å². The van der Waals surface area contributed by atoms with Gasteiger partial charge in [0.2, 0.25) is 5.95 Å². The zero-order valence-electron chi connectivity index (χ0n) is 13.3. The van der Waals surface area contributed by atoms with E-state index in [1.807, 2.05) is 43.4 Å². The lowest BCUT2D eigenvalue weighted by molar-refractivity contribution is 0.415. The van der Waals surface area contributed by atoms with Gasteiger partial charge in [0.05, 0.1) is 18.8 Å². The van der Waals surface area contributed by atoms with Gasteiger partial charge in [-0.3, -0.25) is 0 Å². The Labute approximate surface area is 131 Å². The summed E-state index contributed by atoms with van der Waals surface area (Å²) in [7, 11) is 5.61. The molecule has 1 N–H and O–H groups in total. The molecule has 0 saturated carbocycles. The van der Waals surface area contributed by atoms with E-state index < -0.39 is 0 Å². The summed E-state index contributed by atoms with van der Waals surface area (Å²) in [5.74, 6) is 1.59. The molecule has 0 aliphatic carbocycles. The van der Waals surface area contributed by atoms with Crippen molar-refractivity contribution in [3.05, 3.63) is 36.2 Å². The van der Waals surface area contributed by atoms with Crippen LogP contribution < -0.4 is 15.0 Å². The summed E-state index contributed by atoms with van der Waals surface area (Å²) in [5, 5.41) is 3.54. The molecule has 5 nitrogen and oxygen atoms in total. The summed E-state index contributed by atoms with van der Waals surface area (Å²) in [6.07, 6.45) is 4.22. The Kier molecular flexibility index (Phi) is 4.24. The molecule has 22 heavy (non-hydrogen) atoms. The van der Waals surface area contributed by atoms with Gasteiger partial charge >= 0.3 is 0 Å². The van der Waals surface area contributed by atoms with E-state index in [4.69, 9.17) is 9.72 Å². The number of benzene rings is 1. The largest absolute Gasteiger partial charge is 0.497 e. The smallest absolute Gasteiger partial charge is 0.225 e. The highest BCUT2D eigenvalue weighted by atomic mass is 16.5. The fourth-order valence-corrected chi connectivity index (χ4v) is 2.80. The first-order chi connectivity index (χ1) is 10.7. The standard InChI is InChI=1S/C17H22N4O/c1-21(2)17-19-11-14(12-6-4-7-13(10-12)22-3)16(20-17)15-8-5-9-18-15/h4,6-7,10-11,15,18H,5,8-9H2,1-3H3/t15-/m0/s1. The number of aromatic nitrogens is 2. The lowest BCUT2D eigenvalue weighted by atomic mass is 10.0. The van der Waals surface area contributed by atoms with Crippen LogP contribution >= 0.6 is 0 Å². The van der Waals surface area contributed by atoms with Gasteiger partial charge in [-0.2, -0.15) is 0 Å². The zero-order valence-corrected chi connectivity index (χ0v) is 13.3. The van der Waals surface area contributed by atoms with E-state index >= 15 is 0 Å². The van der Waals surface area contributed by atoms with Gasteiger partial charge in [0.1, 0.15) is 5.75 Å². The van der Waals surface area contributed by atoms with Crippen LogP contribution in [0.4, 0.5) is 5.95 Å². The number of hydrogen-bond donors (Lipinski definition) is 1. The summed E-state index contributed by atoms with van der Waals surface area (Å²) < 4.78 is 5.34. The quantitative estimate of drug-likeness (QED) is 0.940. The van der Waals surface area contributed by atoms with Crippen LogP contribution in [-0.2, 0) is 0 Å². The highest BCUT2D eigenvalue weighted by molar-refractivity contribution is 5.68. The highest BCUT2D eigenvalue weighted by Gasteiger charge is 2.23. The number of hydrogen-bond acceptors (Lipinski definition) is 5. The van der Waals surface area contributed by atoms with Crippen LogP contribution in [0.5, 0.6) is 5.75 Å². The molecule has 0 amide bonds. The van der Waals surface area contributed by atoms with Crippen LogP contribution in [0.2, 0.25) is 0 Å². The monoisotopic (exact) mass is 298 g/mol. The van der Waals surface area contributed by atoms with Crippen molar-refractivity contribution < 1.29 is 4.74 Å². The number of rotatable bonds is 4. The summed E-state index contributed by atoms with van der Waals surface area (Å²) in [4.78, 5) is 11.2. The molecule has 116 valence electrons. The van der Waals surface area contributed by atoms with Gasteiger partial charge in [0.15, 0.2) is 0 Å². The number of anilines is 1. The molecule has 1 atom stereocenters. The fourth-order valence-electron chi connectivity index (χ4n) is 2.80. The minimum atomic E-state index is 0.294. The molecular weight excluding hydrogens is 276 g/mol. The summed E-state index contributed by atoms with van der Waals surface area (Å²) in [6, 6.07) is 8.36. The lowest BCUT2D eigenvalue weighted by Gasteiger charge is -2.18. The Balaban J connectivity index is 2.08. The second-order valence-electron chi connectivity index (χ2n) is 5.74. The maximum atomic E-state index is 5.34. The molecule has 1 aliphatic rings. The van der Waals surface area contributed by atoms with Crippen molar-refractivity contribution in [1.82, 2.24) is 15.3 Å². The Morgan fingerprint density at radius 3 is 2.86 bits per heavy atom. The van der Waals surface area contributed by atoms with Gasteiger partial charge in [0.25, 0.3) is 0 Å². The van der Waals surface area contributed by atoms with Crippen LogP contribution in [0, 0.1) is 0 Å². The first-order valence-electron chi connectivity index (χ1n) is 7.61. The highest BCUT2D eigenvalue weighted by Crippen LogP contribution is 2.33. The molecule has 1 fully saturated rings. The Hall–Kier alpha value is -2.14. The van der Waals surface area contributed by atoms with Crippen LogP contribution in [0.3, 0.4) is 0 Å². The van der Waals surface area contributed by atoms with Gasteiger partial charge in [-0.15, -0.1) is 0 Å². The van der Waals surface area contributed by atoms with Crippen molar-refractivity contribution >= 4 is 5.95 Å². The van der Waals surface area contributed by atoms with Crippen LogP contribution in [0.1, 0.15) is 24.6 Å². The molecule has 0 bridgehead atoms. The summed E-state index contributed by atoms with van der Waals surface area (Å²) in [5.41, 5.74) is 3.24. The molecule has 5 heteroatoms. The molecule has 3 rings (SSSR count). The fraction of sp³-hybridized carbons (Fsp3) is 0.412. The van der Waals surface area contributed by atoms with Crippen molar-refractivity contribution in [2.24, 2.45) is 0 Å². The minimum absolute atomic E-state index is 0.294. The average Bonchev–Trinajstić information content (AvgIpc) is 3.08. The topological polar surface area (TPSA) is 50.3 Å². The summed E-state index contributed by atoms with van der Waals surface area (Å²) >= 11 is 0. The molecule has 1 saturated heterocycles. The van der Waals surface area contributed by atoms with E-state index in [0.29, 0.717) is 6.04 Å². The zero-order chi connectivity index (χ0) is 15.5. The molecule has 2 aromatic rings. The first kappa shape index (κ1) is 14.8. The molecule has 1 aromatic heterocycles. The SMILES string of the molecule is COc1cccc(-c2cnc(N(C)C)nc2[C@@H]2CCCN2)c1. The van der Waals surface area contributed by atoms with Crippen molar-refractivity contribution in [2.75, 3.05) is 32.6 Å². The van der Waals surface area contributed by atoms with Gasteiger partial charge in [0, 0.05) is 25.9 Å². The molecule has 1 aromatic carbocycles. The van der Waals surface area contributed by atoms with E-state index in [-0.39, 0.29) is 0 Å². The normalized spacial score (nSPS) is 17.5. The Morgan fingerprint density at radius 1 is 1.32 bits per heavy atom. The Morgan fingerprint density at radius 2 is 2.18 bits per heavy atom. The third kappa shape index (κ3) is 2.90. The van der Waals surface area contributed by atoms with Crippen LogP contribution in [0.15, 0.2) is 30.5 Å². The predicted molar refractivity (Wildman–Crippen MR) is 88.3 cm³/mol. The molecule has 1 aliphatic heterocycles. The number of nitrogens with zero attached hydrogens (tertiary/aromatic N) is 3. The van der Waals surface area contributed by atoms with Gasteiger partial charge in [-0.05, 0) is 37.1 Å². The van der Waals surface area contributed by atoms with Crippen molar-refractivity contribution in [2.45, 2.75) is 18.9 Å². The third-order valence-electron chi connectivity index (χ3n) is 3.98. The molecule has 0 radical (unpaired) electrons. The maximum absolute atomic E-state index is 5.34. The van der Waals surface area contributed by atoms with E-state index in [9.17, 15) is 0 Å². The number of nitrogens with one attached hydrogen (secondary N) is 1. The van der Waals surface area contributed by atoms with Crippen molar-refractivity contribution in [3.8, 4) is 16.9 Å². The molecule has 2 heterocycles. The number of methoxy groups -OCH3 is 1. The summed E-state index contributed by atoms with van der Waals surface area (Å²) in [6.45, 7) is 1.05. The van der Waals surface area contributed by atoms with Crippen LogP contribution in [-0.4, -0.2) is 37.7 Å². The predicted octanol–water partition coefficient (Wildman–Crippen LogP) is 2.64. The van der Waals surface area contributed by atoms with Gasteiger partial charge < -0.3 is 15.0 Å². The van der Waals surface area contributed by atoms with Crippen molar-refractivity contribution in [1.29, 1.82) is 0 Å². The molecular formula is C17H22N4O. The van der Waals surface area contributed by atoms with Gasteiger partial charge in [-0.25, -0.2) is 9.97 Å². The second kappa shape index (κ2) is 6.32. The van der Waals surface area contributed by atoms with Crippen LogP contribution in [0.25, 0.3) is 11.1 Å². The van der Waals surface area contributed by atoms with E-state index in [2.05, 4.69) is 16.4 Å². The maximum Gasteiger partial charge on any atom is 0.225 e. The Bertz CT molecular complexity index is 651. The third-order valence-corrected chi connectivity index (χ3v) is 3.98. The van der Waals surface area contributed by atoms with E-state index in [1.54, 1.807) is 7.11 Å². The van der Waals surface area contributed by atoms with Gasteiger partial charge in [-0.1, -0.05) is 12.1 Å². The van der Waals surface area contributed by atoms with E-state index in [1.165, 1.54) is 6.42 Å². The molecule has 0 unspecified atom stereocenters. The lowest BCUT2D eigenvalue weighted by Crippen LogP contribution is -2.19. The number of ether oxygens (including phenoxy) is 1. The first-order valence-corrected chi connectivity index (χ1v) is 7.61. The molecule has 0 spiro atoms. The minimum Gasteiger partial charge on any atom is -0.497 e. The average molecular weight is 298 g/mol. The van der Waals surface area contributed by atoms with E-state index in [0.717, 1.165) is 41.5 Å². The second-order valence-corrected chi connectivity index (χ2v) is 5.74.